The molecule has 2 atom stereocenters. The van der Waals surface area contributed by atoms with Gasteiger partial charge in [0.25, 0.3) is 5.91 Å². The molecule has 0 unspecified atom stereocenters. The molecule has 1 heterocycles. The van der Waals surface area contributed by atoms with Crippen molar-refractivity contribution in [3.63, 3.8) is 0 Å². The SMILES string of the molecule is O=C(N[C@@H]1C[C@H]1CO)C1=CCCO1. The van der Waals surface area contributed by atoms with Crippen molar-refractivity contribution in [3.8, 4) is 0 Å². The second-order valence-electron chi connectivity index (χ2n) is 3.46. The van der Waals surface area contributed by atoms with Crippen LogP contribution in [0.3, 0.4) is 0 Å². The van der Waals surface area contributed by atoms with Gasteiger partial charge in [0.05, 0.1) is 6.61 Å². The Morgan fingerprint density at radius 2 is 2.62 bits per heavy atom. The van der Waals surface area contributed by atoms with Crippen LogP contribution in [0.4, 0.5) is 0 Å². The lowest BCUT2D eigenvalue weighted by Gasteiger charge is -2.04. The van der Waals surface area contributed by atoms with Crippen molar-refractivity contribution in [1.82, 2.24) is 5.32 Å². The molecule has 1 amide bonds. The van der Waals surface area contributed by atoms with E-state index in [9.17, 15) is 4.79 Å². The molecule has 4 heteroatoms. The fraction of sp³-hybridized carbons (Fsp3) is 0.667. The average Bonchev–Trinajstić information content (AvgIpc) is 2.68. The molecule has 0 aromatic carbocycles. The van der Waals surface area contributed by atoms with Crippen molar-refractivity contribution in [2.24, 2.45) is 5.92 Å². The molecule has 0 saturated heterocycles. The molecule has 0 bridgehead atoms. The first kappa shape index (κ1) is 8.56. The minimum Gasteiger partial charge on any atom is -0.488 e. The first-order valence-electron chi connectivity index (χ1n) is 4.56. The Hall–Kier alpha value is -1.03. The van der Waals surface area contributed by atoms with Gasteiger partial charge in [-0.15, -0.1) is 0 Å². The van der Waals surface area contributed by atoms with Gasteiger partial charge in [0, 0.05) is 25.0 Å². The molecular formula is C9H13NO3. The van der Waals surface area contributed by atoms with Gasteiger partial charge in [0.1, 0.15) is 0 Å². The van der Waals surface area contributed by atoms with Gasteiger partial charge in [-0.25, -0.2) is 0 Å². The lowest BCUT2D eigenvalue weighted by atomic mass is 10.4. The Kier molecular flexibility index (Phi) is 2.22. The summed E-state index contributed by atoms with van der Waals surface area (Å²) in [7, 11) is 0. The predicted molar refractivity (Wildman–Crippen MR) is 45.8 cm³/mol. The molecule has 0 spiro atoms. The summed E-state index contributed by atoms with van der Waals surface area (Å²) in [5.41, 5.74) is 0. The lowest BCUT2D eigenvalue weighted by Crippen LogP contribution is -2.28. The van der Waals surface area contributed by atoms with Crippen LogP contribution in [0.5, 0.6) is 0 Å². The quantitative estimate of drug-likeness (QED) is 0.636. The maximum absolute atomic E-state index is 11.4. The first-order valence-corrected chi connectivity index (χ1v) is 4.56. The number of hydrogen-bond donors (Lipinski definition) is 2. The van der Waals surface area contributed by atoms with Crippen LogP contribution >= 0.6 is 0 Å². The average molecular weight is 183 g/mol. The summed E-state index contributed by atoms with van der Waals surface area (Å²) < 4.78 is 5.10. The third kappa shape index (κ3) is 1.83. The highest BCUT2D eigenvalue weighted by molar-refractivity contribution is 5.92. The number of ether oxygens (including phenoxy) is 1. The second-order valence-corrected chi connectivity index (χ2v) is 3.46. The minimum absolute atomic E-state index is 0.140. The molecule has 1 fully saturated rings. The molecule has 1 aliphatic carbocycles. The van der Waals surface area contributed by atoms with E-state index >= 15 is 0 Å². The Morgan fingerprint density at radius 1 is 1.77 bits per heavy atom. The van der Waals surface area contributed by atoms with Gasteiger partial charge in [-0.2, -0.15) is 0 Å². The molecule has 0 aromatic rings. The van der Waals surface area contributed by atoms with E-state index in [0.29, 0.717) is 12.4 Å². The summed E-state index contributed by atoms with van der Waals surface area (Å²) in [4.78, 5) is 11.4. The monoisotopic (exact) mass is 183 g/mol. The van der Waals surface area contributed by atoms with Gasteiger partial charge in [-0.3, -0.25) is 4.79 Å². The number of amides is 1. The summed E-state index contributed by atoms with van der Waals surface area (Å²) in [6.07, 6.45) is 3.50. The van der Waals surface area contributed by atoms with Gasteiger partial charge < -0.3 is 15.2 Å². The van der Waals surface area contributed by atoms with E-state index in [-0.39, 0.29) is 24.5 Å². The Balaban J connectivity index is 1.79. The molecule has 72 valence electrons. The van der Waals surface area contributed by atoms with E-state index in [1.165, 1.54) is 0 Å². The van der Waals surface area contributed by atoms with Crippen molar-refractivity contribution in [2.75, 3.05) is 13.2 Å². The van der Waals surface area contributed by atoms with Crippen LogP contribution in [-0.2, 0) is 9.53 Å². The summed E-state index contributed by atoms with van der Waals surface area (Å²) in [5, 5.41) is 11.6. The maximum atomic E-state index is 11.4. The van der Waals surface area contributed by atoms with Crippen LogP contribution in [-0.4, -0.2) is 30.3 Å². The highest BCUT2D eigenvalue weighted by atomic mass is 16.5. The standard InChI is InChI=1S/C9H13NO3/c11-5-6-4-7(6)10-9(12)8-2-1-3-13-8/h2,6-7,11H,1,3-5H2,(H,10,12)/t6-,7+/m0/s1. The molecule has 0 radical (unpaired) electrons. The molecule has 1 saturated carbocycles. The third-order valence-electron chi connectivity index (χ3n) is 2.40. The fourth-order valence-corrected chi connectivity index (χ4v) is 1.44. The smallest absolute Gasteiger partial charge is 0.286 e. The molecule has 4 nitrogen and oxygen atoms in total. The zero-order chi connectivity index (χ0) is 9.26. The Labute approximate surface area is 76.6 Å². The number of carbonyl (C=O) groups is 1. The van der Waals surface area contributed by atoms with E-state index in [1.807, 2.05) is 0 Å². The van der Waals surface area contributed by atoms with Crippen LogP contribution in [0.1, 0.15) is 12.8 Å². The lowest BCUT2D eigenvalue weighted by molar-refractivity contribution is -0.120. The fourth-order valence-electron chi connectivity index (χ4n) is 1.44. The molecule has 2 N–H and O–H groups in total. The number of carbonyl (C=O) groups excluding carboxylic acids is 1. The Morgan fingerprint density at radius 3 is 3.15 bits per heavy atom. The summed E-state index contributed by atoms with van der Waals surface area (Å²) in [6, 6.07) is 0.155. The van der Waals surface area contributed by atoms with E-state index < -0.39 is 0 Å². The van der Waals surface area contributed by atoms with Crippen LogP contribution < -0.4 is 5.32 Å². The van der Waals surface area contributed by atoms with Gasteiger partial charge in [0.15, 0.2) is 5.76 Å². The minimum atomic E-state index is -0.140. The maximum Gasteiger partial charge on any atom is 0.286 e. The van der Waals surface area contributed by atoms with Crippen LogP contribution in [0.2, 0.25) is 0 Å². The summed E-state index contributed by atoms with van der Waals surface area (Å²) in [5.74, 6) is 0.549. The van der Waals surface area contributed by atoms with Gasteiger partial charge in [-0.1, -0.05) is 0 Å². The number of aliphatic hydroxyl groups excluding tert-OH is 1. The van der Waals surface area contributed by atoms with E-state index in [1.54, 1.807) is 6.08 Å². The molecular weight excluding hydrogens is 170 g/mol. The molecule has 2 aliphatic rings. The normalized spacial score (nSPS) is 30.7. The third-order valence-corrected chi connectivity index (χ3v) is 2.40. The molecule has 1 aliphatic heterocycles. The number of hydrogen-bond acceptors (Lipinski definition) is 3. The van der Waals surface area contributed by atoms with Gasteiger partial charge >= 0.3 is 0 Å². The number of rotatable bonds is 3. The Bertz CT molecular complexity index is 249. The highest BCUT2D eigenvalue weighted by Gasteiger charge is 2.38. The zero-order valence-electron chi connectivity index (χ0n) is 7.32. The van der Waals surface area contributed by atoms with Crippen molar-refractivity contribution in [2.45, 2.75) is 18.9 Å². The number of nitrogens with one attached hydrogen (secondary N) is 1. The first-order chi connectivity index (χ1) is 6.31. The van der Waals surface area contributed by atoms with Crippen molar-refractivity contribution >= 4 is 5.91 Å². The molecule has 13 heavy (non-hydrogen) atoms. The van der Waals surface area contributed by atoms with E-state index in [0.717, 1.165) is 12.8 Å². The summed E-state index contributed by atoms with van der Waals surface area (Å²) >= 11 is 0. The van der Waals surface area contributed by atoms with Crippen LogP contribution in [0.25, 0.3) is 0 Å². The van der Waals surface area contributed by atoms with Crippen LogP contribution in [0.15, 0.2) is 11.8 Å². The van der Waals surface area contributed by atoms with Crippen molar-refractivity contribution in [1.29, 1.82) is 0 Å². The van der Waals surface area contributed by atoms with Gasteiger partial charge in [0.2, 0.25) is 0 Å². The summed E-state index contributed by atoms with van der Waals surface area (Å²) in [6.45, 7) is 0.766. The van der Waals surface area contributed by atoms with Crippen LogP contribution in [0, 0.1) is 5.92 Å². The second kappa shape index (κ2) is 3.38. The zero-order valence-corrected chi connectivity index (χ0v) is 7.32. The van der Waals surface area contributed by atoms with E-state index in [4.69, 9.17) is 9.84 Å². The number of aliphatic hydroxyl groups is 1. The molecule has 0 aromatic heterocycles. The van der Waals surface area contributed by atoms with E-state index in [2.05, 4.69) is 5.32 Å². The molecule has 2 rings (SSSR count). The largest absolute Gasteiger partial charge is 0.488 e. The van der Waals surface area contributed by atoms with Crippen molar-refractivity contribution in [3.05, 3.63) is 11.8 Å². The van der Waals surface area contributed by atoms with Gasteiger partial charge in [-0.05, 0) is 12.5 Å². The highest BCUT2D eigenvalue weighted by Crippen LogP contribution is 2.29. The predicted octanol–water partition coefficient (Wildman–Crippen LogP) is -0.212. The van der Waals surface area contributed by atoms with Crippen molar-refractivity contribution < 1.29 is 14.6 Å². The topological polar surface area (TPSA) is 58.6 Å².